The van der Waals surface area contributed by atoms with Crippen LogP contribution in [0.2, 0.25) is 0 Å². The van der Waals surface area contributed by atoms with Crippen molar-refractivity contribution in [1.82, 2.24) is 0 Å². The van der Waals surface area contributed by atoms with E-state index in [-0.39, 0.29) is 5.60 Å². The van der Waals surface area contributed by atoms with Gasteiger partial charge in [-0.2, -0.15) is 0 Å². The van der Waals surface area contributed by atoms with Gasteiger partial charge in [-0.3, -0.25) is 0 Å². The first-order chi connectivity index (χ1) is 18.2. The molecule has 38 heavy (non-hydrogen) atoms. The van der Waals surface area contributed by atoms with Crippen LogP contribution in [0.15, 0.2) is 66.7 Å². The summed E-state index contributed by atoms with van der Waals surface area (Å²) in [4.78, 5) is 0. The van der Waals surface area contributed by atoms with E-state index < -0.39 is 7.92 Å². The van der Waals surface area contributed by atoms with Gasteiger partial charge in [0, 0.05) is 12.8 Å². The average molecular weight is 533 g/mol. The number of benzene rings is 3. The molecule has 3 aromatic carbocycles. The molecule has 0 heterocycles. The van der Waals surface area contributed by atoms with E-state index in [9.17, 15) is 0 Å². The molecule has 0 aromatic heterocycles. The Balaban J connectivity index is 1.62. The summed E-state index contributed by atoms with van der Waals surface area (Å²) >= 11 is 0. The largest absolute Gasteiger partial charge is 0.493 e. The molecule has 0 atom stereocenters. The summed E-state index contributed by atoms with van der Waals surface area (Å²) in [6.45, 7) is 17.3. The third-order valence-electron chi connectivity index (χ3n) is 7.37. The smallest absolute Gasteiger partial charge is 0.125 e. The molecule has 3 aromatic rings. The highest BCUT2D eigenvalue weighted by molar-refractivity contribution is 7.72. The summed E-state index contributed by atoms with van der Waals surface area (Å²) in [7, 11) is -0.490. The Morgan fingerprint density at radius 1 is 0.763 bits per heavy atom. The van der Waals surface area contributed by atoms with Gasteiger partial charge in [-0.1, -0.05) is 87.0 Å². The van der Waals surface area contributed by atoms with Crippen LogP contribution < -0.4 is 15.3 Å². The number of hydrogen-bond donors (Lipinski definition) is 0. The second kappa shape index (κ2) is 14.9. The minimum Gasteiger partial charge on any atom is -0.493 e. The van der Waals surface area contributed by atoms with Crippen LogP contribution in [0, 0.1) is 26.7 Å². The number of aryl methyl sites for hydroxylation is 2. The molecule has 3 heteroatoms. The fourth-order valence-corrected chi connectivity index (χ4v) is 7.55. The summed E-state index contributed by atoms with van der Waals surface area (Å²) in [6.07, 6.45) is 6.68. The predicted octanol–water partition coefficient (Wildman–Crippen LogP) is 9.03. The molecule has 0 N–H and O–H groups in total. The molecular formula is C35H49O2P. The molecule has 0 saturated carbocycles. The molecule has 206 valence electrons. The van der Waals surface area contributed by atoms with Gasteiger partial charge < -0.3 is 9.47 Å². The van der Waals surface area contributed by atoms with Gasteiger partial charge >= 0.3 is 0 Å². The molecule has 2 nitrogen and oxygen atoms in total. The lowest BCUT2D eigenvalue weighted by Gasteiger charge is -2.26. The van der Waals surface area contributed by atoms with E-state index in [4.69, 9.17) is 9.47 Å². The van der Waals surface area contributed by atoms with Gasteiger partial charge in [0.25, 0.3) is 0 Å². The highest BCUT2D eigenvalue weighted by atomic mass is 31.1. The Bertz CT molecular complexity index is 1070. The maximum atomic E-state index is 6.46. The zero-order chi connectivity index (χ0) is 27.5. The molecule has 3 rings (SSSR count). The molecule has 0 fully saturated rings. The Morgan fingerprint density at radius 3 is 1.95 bits per heavy atom. The van der Waals surface area contributed by atoms with Gasteiger partial charge in [-0.25, -0.2) is 0 Å². The monoisotopic (exact) mass is 532 g/mol. The van der Waals surface area contributed by atoms with Crippen molar-refractivity contribution >= 4 is 18.5 Å². The fraction of sp³-hybridized carbons (Fsp3) is 0.486. The zero-order valence-electron chi connectivity index (χ0n) is 24.8. The minimum atomic E-state index is -0.490. The minimum absolute atomic E-state index is 0.0371. The van der Waals surface area contributed by atoms with Crippen molar-refractivity contribution < 1.29 is 9.47 Å². The van der Waals surface area contributed by atoms with E-state index in [1.807, 2.05) is 0 Å². The SMILES string of the molecule is Cc1cc(C)c(OCCCCCC(C)(C)OCCC(C)C)c(C)c1CP(c1ccccc1)c1ccccc1. The van der Waals surface area contributed by atoms with Gasteiger partial charge in [0.2, 0.25) is 0 Å². The maximum absolute atomic E-state index is 6.46. The summed E-state index contributed by atoms with van der Waals surface area (Å²) in [6, 6.07) is 24.3. The summed E-state index contributed by atoms with van der Waals surface area (Å²) in [5.41, 5.74) is 5.31. The third kappa shape index (κ3) is 9.25. The van der Waals surface area contributed by atoms with E-state index in [1.54, 1.807) is 0 Å². The van der Waals surface area contributed by atoms with Crippen molar-refractivity contribution in [2.24, 2.45) is 5.92 Å². The molecular weight excluding hydrogens is 483 g/mol. The van der Waals surface area contributed by atoms with Gasteiger partial charge in [0.15, 0.2) is 0 Å². The van der Waals surface area contributed by atoms with Crippen molar-refractivity contribution in [2.75, 3.05) is 13.2 Å². The first-order valence-corrected chi connectivity index (χ1v) is 15.9. The van der Waals surface area contributed by atoms with E-state index >= 15 is 0 Å². The number of hydrogen-bond acceptors (Lipinski definition) is 2. The van der Waals surface area contributed by atoms with Crippen molar-refractivity contribution in [3.05, 3.63) is 89.0 Å². The van der Waals surface area contributed by atoms with Crippen LogP contribution in [-0.2, 0) is 10.9 Å². The first-order valence-electron chi connectivity index (χ1n) is 14.4. The van der Waals surface area contributed by atoms with Gasteiger partial charge in [-0.05, 0) is 107 Å². The van der Waals surface area contributed by atoms with Gasteiger partial charge in [0.1, 0.15) is 5.75 Å². The number of unbranched alkanes of at least 4 members (excludes halogenated alkanes) is 2. The average Bonchev–Trinajstić information content (AvgIpc) is 2.88. The van der Waals surface area contributed by atoms with Crippen LogP contribution in [0.25, 0.3) is 0 Å². The Labute approximate surface area is 233 Å². The molecule has 0 unspecified atom stereocenters. The lowest BCUT2D eigenvalue weighted by atomic mass is 9.99. The molecule has 0 amide bonds. The standard InChI is InChI=1S/C35H49O2P/c1-27(2)21-24-37-35(6,7)22-15-10-16-23-36-34-29(4)25-28(3)33(30(34)5)26-38(31-17-11-8-12-18-31)32-19-13-9-14-20-32/h8-9,11-14,17-20,25,27H,10,15-16,21-24,26H2,1-7H3. The highest BCUT2D eigenvalue weighted by Gasteiger charge is 2.20. The van der Waals surface area contributed by atoms with E-state index in [0.717, 1.165) is 44.4 Å². The molecule has 0 aliphatic carbocycles. The third-order valence-corrected chi connectivity index (χ3v) is 9.85. The quantitative estimate of drug-likeness (QED) is 0.144. The van der Waals surface area contributed by atoms with Crippen LogP contribution in [0.4, 0.5) is 0 Å². The van der Waals surface area contributed by atoms with Gasteiger partial charge in [-0.15, -0.1) is 0 Å². The van der Waals surface area contributed by atoms with Gasteiger partial charge in [0.05, 0.1) is 12.2 Å². The topological polar surface area (TPSA) is 18.5 Å². The van der Waals surface area contributed by atoms with E-state index in [2.05, 4.69) is 115 Å². The molecule has 0 aliphatic heterocycles. The molecule has 0 saturated heterocycles. The molecule has 0 aliphatic rings. The summed E-state index contributed by atoms with van der Waals surface area (Å²) in [5.74, 6) is 1.78. The van der Waals surface area contributed by atoms with Crippen molar-refractivity contribution in [2.45, 2.75) is 92.3 Å². The predicted molar refractivity (Wildman–Crippen MR) is 167 cm³/mol. The highest BCUT2D eigenvalue weighted by Crippen LogP contribution is 2.42. The molecule has 0 spiro atoms. The lowest BCUT2D eigenvalue weighted by Crippen LogP contribution is -2.25. The Kier molecular flexibility index (Phi) is 11.9. The van der Waals surface area contributed by atoms with Crippen LogP contribution >= 0.6 is 7.92 Å². The molecule has 0 bridgehead atoms. The van der Waals surface area contributed by atoms with Crippen molar-refractivity contribution in [3.8, 4) is 5.75 Å². The zero-order valence-corrected chi connectivity index (χ0v) is 25.7. The van der Waals surface area contributed by atoms with Crippen molar-refractivity contribution in [3.63, 3.8) is 0 Å². The van der Waals surface area contributed by atoms with Crippen LogP contribution in [0.5, 0.6) is 5.75 Å². The van der Waals surface area contributed by atoms with Crippen molar-refractivity contribution in [1.29, 1.82) is 0 Å². The van der Waals surface area contributed by atoms with Crippen LogP contribution in [-0.4, -0.2) is 18.8 Å². The normalized spacial score (nSPS) is 11.9. The molecule has 0 radical (unpaired) electrons. The van der Waals surface area contributed by atoms with E-state index in [1.165, 1.54) is 45.7 Å². The maximum Gasteiger partial charge on any atom is 0.125 e. The number of ether oxygens (including phenoxy) is 2. The Morgan fingerprint density at radius 2 is 1.37 bits per heavy atom. The lowest BCUT2D eigenvalue weighted by molar-refractivity contribution is -0.0293. The first kappa shape index (κ1) is 30.4. The second-order valence-corrected chi connectivity index (χ2v) is 13.9. The Hall–Kier alpha value is -2.15. The summed E-state index contributed by atoms with van der Waals surface area (Å²) in [5, 5.41) is 2.85. The fourth-order valence-electron chi connectivity index (χ4n) is 5.02. The summed E-state index contributed by atoms with van der Waals surface area (Å²) < 4.78 is 12.6. The van der Waals surface area contributed by atoms with Crippen LogP contribution in [0.1, 0.15) is 82.1 Å². The number of rotatable bonds is 15. The van der Waals surface area contributed by atoms with Crippen LogP contribution in [0.3, 0.4) is 0 Å². The van der Waals surface area contributed by atoms with E-state index in [0.29, 0.717) is 5.92 Å². The second-order valence-electron chi connectivity index (χ2n) is 11.7.